The Morgan fingerprint density at radius 2 is 1.59 bits per heavy atom. The van der Waals surface area contributed by atoms with E-state index in [4.69, 9.17) is 0 Å². The fourth-order valence-corrected chi connectivity index (χ4v) is 2.38. The highest BCUT2D eigenvalue weighted by Crippen LogP contribution is 2.30. The molecule has 1 heteroatoms. The minimum atomic E-state index is 0.246. The zero-order valence-electron chi connectivity index (χ0n) is 15.0. The summed E-state index contributed by atoms with van der Waals surface area (Å²) in [5, 5.41) is 0. The molecule has 1 aromatic carbocycles. The van der Waals surface area contributed by atoms with Gasteiger partial charge in [0, 0.05) is 12.8 Å². The molecule has 0 radical (unpaired) electrons. The molecule has 0 aromatic heterocycles. The maximum atomic E-state index is 10.2. The Morgan fingerprint density at radius 3 is 1.91 bits per heavy atom. The minimum Gasteiger partial charge on any atom is -0.300 e. The van der Waals surface area contributed by atoms with Crippen molar-refractivity contribution in [2.75, 3.05) is 0 Å². The molecule has 1 aliphatic carbocycles. The topological polar surface area (TPSA) is 17.1 Å². The number of benzene rings is 1. The zero-order valence-corrected chi connectivity index (χ0v) is 15.0. The fourth-order valence-electron chi connectivity index (χ4n) is 2.38. The van der Waals surface area contributed by atoms with Crippen LogP contribution in [0, 0.1) is 0 Å². The van der Waals surface area contributed by atoms with Crippen LogP contribution in [-0.4, -0.2) is 5.78 Å². The summed E-state index contributed by atoms with van der Waals surface area (Å²) in [7, 11) is 0. The van der Waals surface area contributed by atoms with Crippen LogP contribution in [-0.2, 0) is 10.2 Å². The molecular weight excluding hydrogens is 268 g/mol. The highest BCUT2D eigenvalue weighted by atomic mass is 16.1. The van der Waals surface area contributed by atoms with Gasteiger partial charge in [0.15, 0.2) is 0 Å². The summed E-state index contributed by atoms with van der Waals surface area (Å²) in [6.07, 6.45) is 6.92. The average Bonchev–Trinajstić information content (AvgIpc) is 2.92. The predicted molar refractivity (Wildman–Crippen MR) is 97.1 cm³/mol. The van der Waals surface area contributed by atoms with E-state index in [0.29, 0.717) is 18.6 Å². The molecule has 0 saturated carbocycles. The second-order valence-corrected chi connectivity index (χ2v) is 6.84. The summed E-state index contributed by atoms with van der Waals surface area (Å²) in [6, 6.07) is 9.03. The molecule has 0 fully saturated rings. The van der Waals surface area contributed by atoms with Gasteiger partial charge in [-0.2, -0.15) is 0 Å². The molecule has 0 N–H and O–H groups in total. The summed E-state index contributed by atoms with van der Waals surface area (Å²) in [5.41, 5.74) is 5.90. The predicted octanol–water partition coefficient (Wildman–Crippen LogP) is 6.09. The van der Waals surface area contributed by atoms with Gasteiger partial charge in [-0.05, 0) is 41.0 Å². The number of hydrogen-bond donors (Lipinski definition) is 0. The van der Waals surface area contributed by atoms with Crippen molar-refractivity contribution in [1.82, 2.24) is 0 Å². The summed E-state index contributed by atoms with van der Waals surface area (Å²) in [6.45, 7) is 12.7. The SMILES string of the molecule is CC1=C(c2ccc(C(C)(C)C)cc2)CC=C1.CCC(=O)CC. The zero-order chi connectivity index (χ0) is 16.8. The molecule has 0 aliphatic heterocycles. The van der Waals surface area contributed by atoms with Crippen LogP contribution in [0.4, 0.5) is 0 Å². The number of carbonyl (C=O) groups is 1. The third kappa shape index (κ3) is 5.29. The number of Topliss-reactive ketones (excluding diaryl/α,β-unsaturated/α-hetero) is 1. The van der Waals surface area contributed by atoms with Crippen molar-refractivity contribution in [3.8, 4) is 0 Å². The van der Waals surface area contributed by atoms with E-state index in [9.17, 15) is 4.79 Å². The van der Waals surface area contributed by atoms with E-state index in [0.717, 1.165) is 6.42 Å². The first kappa shape index (κ1) is 18.4. The quantitative estimate of drug-likeness (QED) is 0.659. The molecule has 2 rings (SSSR count). The Hall–Kier alpha value is -1.63. The lowest BCUT2D eigenvalue weighted by atomic mass is 9.86. The lowest BCUT2D eigenvalue weighted by Gasteiger charge is -2.19. The van der Waals surface area contributed by atoms with Crippen LogP contribution in [0.3, 0.4) is 0 Å². The van der Waals surface area contributed by atoms with Crippen molar-refractivity contribution >= 4 is 11.4 Å². The van der Waals surface area contributed by atoms with Crippen molar-refractivity contribution in [2.24, 2.45) is 0 Å². The van der Waals surface area contributed by atoms with E-state index >= 15 is 0 Å². The Balaban J connectivity index is 0.000000346. The lowest BCUT2D eigenvalue weighted by molar-refractivity contribution is -0.118. The van der Waals surface area contributed by atoms with Crippen LogP contribution in [0.5, 0.6) is 0 Å². The standard InChI is InChI=1S/C16H20.C5H10O/c1-12-6-5-7-15(12)13-8-10-14(11-9-13)16(2,3)4;1-3-5(6)4-2/h5-6,8-11H,7H2,1-4H3;3-4H2,1-2H3. The van der Waals surface area contributed by atoms with Gasteiger partial charge in [0.2, 0.25) is 0 Å². The van der Waals surface area contributed by atoms with Gasteiger partial charge < -0.3 is 0 Å². The van der Waals surface area contributed by atoms with Crippen LogP contribution < -0.4 is 0 Å². The number of rotatable bonds is 3. The van der Waals surface area contributed by atoms with Crippen LogP contribution in [0.15, 0.2) is 42.0 Å². The van der Waals surface area contributed by atoms with Crippen molar-refractivity contribution in [3.05, 3.63) is 53.1 Å². The van der Waals surface area contributed by atoms with Crippen molar-refractivity contribution in [1.29, 1.82) is 0 Å². The number of allylic oxidation sites excluding steroid dienone is 4. The molecule has 0 spiro atoms. The van der Waals surface area contributed by atoms with Gasteiger partial charge >= 0.3 is 0 Å². The molecule has 0 bridgehead atoms. The van der Waals surface area contributed by atoms with E-state index in [-0.39, 0.29) is 5.41 Å². The second-order valence-electron chi connectivity index (χ2n) is 6.84. The number of hydrogen-bond acceptors (Lipinski definition) is 1. The third-order valence-electron chi connectivity index (χ3n) is 4.05. The van der Waals surface area contributed by atoms with Gasteiger partial charge in [-0.3, -0.25) is 4.79 Å². The van der Waals surface area contributed by atoms with Gasteiger partial charge in [-0.1, -0.05) is 71.0 Å². The van der Waals surface area contributed by atoms with Crippen LogP contribution in [0.25, 0.3) is 5.57 Å². The molecule has 0 amide bonds. The van der Waals surface area contributed by atoms with Gasteiger partial charge in [0.1, 0.15) is 5.78 Å². The van der Waals surface area contributed by atoms with E-state index < -0.39 is 0 Å². The monoisotopic (exact) mass is 298 g/mol. The molecule has 0 heterocycles. The molecule has 1 aromatic rings. The summed E-state index contributed by atoms with van der Waals surface area (Å²) >= 11 is 0. The molecule has 0 saturated heterocycles. The maximum Gasteiger partial charge on any atom is 0.132 e. The van der Waals surface area contributed by atoms with E-state index in [1.54, 1.807) is 0 Å². The van der Waals surface area contributed by atoms with Crippen LogP contribution in [0.2, 0.25) is 0 Å². The first-order chi connectivity index (χ1) is 10.3. The van der Waals surface area contributed by atoms with Crippen molar-refractivity contribution < 1.29 is 4.79 Å². The molecule has 0 atom stereocenters. The van der Waals surface area contributed by atoms with Crippen LogP contribution >= 0.6 is 0 Å². The molecular formula is C21H30O. The van der Waals surface area contributed by atoms with Crippen molar-refractivity contribution in [2.45, 2.75) is 66.2 Å². The van der Waals surface area contributed by atoms with Gasteiger partial charge in [0.25, 0.3) is 0 Å². The van der Waals surface area contributed by atoms with Crippen LogP contribution in [0.1, 0.15) is 71.9 Å². The van der Waals surface area contributed by atoms with Gasteiger partial charge in [-0.25, -0.2) is 0 Å². The number of ketones is 1. The molecule has 22 heavy (non-hydrogen) atoms. The second kappa shape index (κ2) is 8.12. The van der Waals surface area contributed by atoms with Crippen molar-refractivity contribution in [3.63, 3.8) is 0 Å². The summed E-state index contributed by atoms with van der Waals surface area (Å²) < 4.78 is 0. The Bertz CT molecular complexity index is 545. The average molecular weight is 298 g/mol. The molecule has 1 aliphatic rings. The third-order valence-corrected chi connectivity index (χ3v) is 4.05. The van der Waals surface area contributed by atoms with E-state index in [1.807, 2.05) is 13.8 Å². The molecule has 0 unspecified atom stereocenters. The highest BCUT2D eigenvalue weighted by molar-refractivity contribution is 5.77. The smallest absolute Gasteiger partial charge is 0.132 e. The first-order valence-corrected chi connectivity index (χ1v) is 8.28. The molecule has 120 valence electrons. The number of carbonyl (C=O) groups excluding carboxylic acids is 1. The largest absolute Gasteiger partial charge is 0.300 e. The highest BCUT2D eigenvalue weighted by Gasteiger charge is 2.14. The summed E-state index contributed by atoms with van der Waals surface area (Å²) in [5.74, 6) is 0.343. The van der Waals surface area contributed by atoms with E-state index in [2.05, 4.69) is 64.1 Å². The molecule has 1 nitrogen and oxygen atoms in total. The fraction of sp³-hybridized carbons (Fsp3) is 0.476. The van der Waals surface area contributed by atoms with Gasteiger partial charge in [-0.15, -0.1) is 0 Å². The normalized spacial score (nSPS) is 13.9. The Labute approximate surface area is 136 Å². The summed E-state index contributed by atoms with van der Waals surface area (Å²) in [4.78, 5) is 10.2. The minimum absolute atomic E-state index is 0.246. The Kier molecular flexibility index (Phi) is 6.80. The van der Waals surface area contributed by atoms with E-state index in [1.165, 1.54) is 22.3 Å². The van der Waals surface area contributed by atoms with Gasteiger partial charge in [0.05, 0.1) is 0 Å². The lowest BCUT2D eigenvalue weighted by Crippen LogP contribution is -2.10. The Morgan fingerprint density at radius 1 is 1.05 bits per heavy atom. The first-order valence-electron chi connectivity index (χ1n) is 8.28. The maximum absolute atomic E-state index is 10.2.